The number of aromatic nitrogens is 4. The Hall–Kier alpha value is -4.17. The molecule has 31 heavy (non-hydrogen) atoms. The Kier molecular flexibility index (Phi) is 4.61. The highest BCUT2D eigenvalue weighted by atomic mass is 35.5. The molecular weight excluding hydrogens is 418 g/mol. The van der Waals surface area contributed by atoms with Gasteiger partial charge in [-0.05, 0) is 48.5 Å². The Morgan fingerprint density at radius 2 is 2.00 bits per heavy atom. The second kappa shape index (κ2) is 7.58. The van der Waals surface area contributed by atoms with Crippen molar-refractivity contribution in [3.63, 3.8) is 0 Å². The van der Waals surface area contributed by atoms with Crippen LogP contribution in [0.5, 0.6) is 0 Å². The number of fused-ring (bicyclic) bond motifs is 1. The van der Waals surface area contributed by atoms with Gasteiger partial charge in [0.05, 0.1) is 29.2 Å². The van der Waals surface area contributed by atoms with Gasteiger partial charge in [0.15, 0.2) is 11.5 Å². The number of aromatic amines is 1. The first-order valence-electron chi connectivity index (χ1n) is 9.27. The summed E-state index contributed by atoms with van der Waals surface area (Å²) >= 11 is 6.13. The van der Waals surface area contributed by atoms with E-state index in [1.54, 1.807) is 65.5 Å². The number of furan rings is 1. The predicted octanol–water partition coefficient (Wildman–Crippen LogP) is 4.27. The Bertz CT molecular complexity index is 1470. The lowest BCUT2D eigenvalue weighted by Crippen LogP contribution is -2.14. The molecule has 1 amide bonds. The van der Waals surface area contributed by atoms with Crippen LogP contribution in [0.1, 0.15) is 10.5 Å². The van der Waals surface area contributed by atoms with Gasteiger partial charge in [0.1, 0.15) is 5.69 Å². The maximum atomic E-state index is 12.9. The van der Waals surface area contributed by atoms with E-state index in [0.29, 0.717) is 38.8 Å². The maximum absolute atomic E-state index is 12.9. The molecule has 0 atom stereocenters. The zero-order valence-corrected chi connectivity index (χ0v) is 16.6. The molecule has 0 aliphatic carbocycles. The maximum Gasteiger partial charge on any atom is 0.276 e. The van der Waals surface area contributed by atoms with Crippen molar-refractivity contribution in [2.24, 2.45) is 0 Å². The van der Waals surface area contributed by atoms with E-state index in [0.717, 1.165) is 0 Å². The summed E-state index contributed by atoms with van der Waals surface area (Å²) in [6, 6.07) is 17.2. The van der Waals surface area contributed by atoms with E-state index < -0.39 is 5.91 Å². The van der Waals surface area contributed by atoms with Gasteiger partial charge in [-0.2, -0.15) is 5.10 Å². The molecule has 5 aromatic rings. The number of carbonyl (C=O) groups is 1. The molecule has 0 fully saturated rings. The SMILES string of the molecule is O=C(Nc1ccc2nc[nH]c(=O)c2c1)c1cc(-c2ccco2)n(-c2cccc(Cl)c2)n1. The molecule has 0 spiro atoms. The molecule has 8 nitrogen and oxygen atoms in total. The third-order valence-electron chi connectivity index (χ3n) is 4.67. The minimum absolute atomic E-state index is 0.173. The van der Waals surface area contributed by atoms with Gasteiger partial charge in [-0.1, -0.05) is 17.7 Å². The van der Waals surface area contributed by atoms with E-state index >= 15 is 0 Å². The van der Waals surface area contributed by atoms with E-state index in [4.69, 9.17) is 16.0 Å². The number of benzene rings is 2. The van der Waals surface area contributed by atoms with Gasteiger partial charge >= 0.3 is 0 Å². The molecule has 0 aliphatic heterocycles. The minimum atomic E-state index is -0.437. The monoisotopic (exact) mass is 431 g/mol. The van der Waals surface area contributed by atoms with Gasteiger partial charge in [0, 0.05) is 16.8 Å². The molecule has 0 saturated carbocycles. The van der Waals surface area contributed by atoms with E-state index in [-0.39, 0.29) is 11.3 Å². The summed E-state index contributed by atoms with van der Waals surface area (Å²) in [6.45, 7) is 0. The average Bonchev–Trinajstić information content (AvgIpc) is 3.44. The van der Waals surface area contributed by atoms with Crippen molar-refractivity contribution in [1.29, 1.82) is 0 Å². The molecule has 152 valence electrons. The van der Waals surface area contributed by atoms with Crippen molar-refractivity contribution >= 4 is 34.1 Å². The molecule has 2 N–H and O–H groups in total. The largest absolute Gasteiger partial charge is 0.463 e. The topological polar surface area (TPSA) is 106 Å². The van der Waals surface area contributed by atoms with Crippen LogP contribution in [0.4, 0.5) is 5.69 Å². The summed E-state index contributed by atoms with van der Waals surface area (Å²) in [5, 5.41) is 8.15. The molecule has 0 saturated heterocycles. The highest BCUT2D eigenvalue weighted by Crippen LogP contribution is 2.26. The number of halogens is 1. The van der Waals surface area contributed by atoms with Crippen LogP contribution < -0.4 is 10.9 Å². The zero-order valence-electron chi connectivity index (χ0n) is 15.9. The summed E-state index contributed by atoms with van der Waals surface area (Å²) < 4.78 is 7.11. The second-order valence-electron chi connectivity index (χ2n) is 6.70. The summed E-state index contributed by atoms with van der Waals surface area (Å²) in [6.07, 6.45) is 2.88. The van der Waals surface area contributed by atoms with Crippen molar-refractivity contribution in [2.75, 3.05) is 5.32 Å². The van der Waals surface area contributed by atoms with Crippen molar-refractivity contribution < 1.29 is 9.21 Å². The fourth-order valence-corrected chi connectivity index (χ4v) is 3.42. The standard InChI is InChI=1S/C22H14ClN5O3/c23-13-3-1-4-15(9-13)28-19(20-5-2-8-31-20)11-18(27-28)22(30)26-14-6-7-17-16(10-14)21(29)25-12-24-17/h1-12H,(H,26,30)(H,24,25,29). The molecule has 2 aromatic carbocycles. The van der Waals surface area contributed by atoms with Crippen LogP contribution in [-0.2, 0) is 0 Å². The van der Waals surface area contributed by atoms with E-state index in [1.807, 2.05) is 6.07 Å². The lowest BCUT2D eigenvalue weighted by molar-refractivity contribution is 0.102. The van der Waals surface area contributed by atoms with Crippen LogP contribution in [0.25, 0.3) is 28.0 Å². The third-order valence-corrected chi connectivity index (χ3v) is 4.90. The first kappa shape index (κ1) is 18.8. The van der Waals surface area contributed by atoms with Crippen LogP contribution in [0, 0.1) is 0 Å². The smallest absolute Gasteiger partial charge is 0.276 e. The normalized spacial score (nSPS) is 11.0. The number of carbonyl (C=O) groups excluding carboxylic acids is 1. The fraction of sp³-hybridized carbons (Fsp3) is 0. The van der Waals surface area contributed by atoms with Gasteiger partial charge in [0.25, 0.3) is 11.5 Å². The van der Waals surface area contributed by atoms with Crippen molar-refractivity contribution in [2.45, 2.75) is 0 Å². The molecule has 0 unspecified atom stereocenters. The van der Waals surface area contributed by atoms with Gasteiger partial charge in [-0.15, -0.1) is 0 Å². The molecule has 9 heteroatoms. The summed E-state index contributed by atoms with van der Waals surface area (Å²) in [7, 11) is 0. The Morgan fingerprint density at radius 1 is 1.10 bits per heavy atom. The zero-order chi connectivity index (χ0) is 21.4. The fourth-order valence-electron chi connectivity index (χ4n) is 3.24. The number of H-pyrrole nitrogens is 1. The lowest BCUT2D eigenvalue weighted by atomic mass is 10.2. The molecule has 3 heterocycles. The number of anilines is 1. The van der Waals surface area contributed by atoms with Crippen LogP contribution in [0.15, 0.2) is 82.5 Å². The van der Waals surface area contributed by atoms with Gasteiger partial charge < -0.3 is 14.7 Å². The minimum Gasteiger partial charge on any atom is -0.463 e. The Morgan fingerprint density at radius 3 is 2.81 bits per heavy atom. The quantitative estimate of drug-likeness (QED) is 0.442. The second-order valence-corrected chi connectivity index (χ2v) is 7.14. The van der Waals surface area contributed by atoms with Gasteiger partial charge in [-0.25, -0.2) is 9.67 Å². The van der Waals surface area contributed by atoms with Crippen molar-refractivity contribution in [1.82, 2.24) is 19.7 Å². The molecule has 5 rings (SSSR count). The number of amides is 1. The Balaban J connectivity index is 1.53. The number of hydrogen-bond donors (Lipinski definition) is 2. The Labute approximate surface area is 180 Å². The summed E-state index contributed by atoms with van der Waals surface area (Å²) in [5.41, 5.74) is 2.15. The summed E-state index contributed by atoms with van der Waals surface area (Å²) in [5.74, 6) is 0.114. The molecule has 3 aromatic heterocycles. The number of nitrogens with zero attached hydrogens (tertiary/aromatic N) is 3. The number of nitrogens with one attached hydrogen (secondary N) is 2. The highest BCUT2D eigenvalue weighted by Gasteiger charge is 2.19. The summed E-state index contributed by atoms with van der Waals surface area (Å²) in [4.78, 5) is 31.5. The molecular formula is C22H14ClN5O3. The molecule has 0 radical (unpaired) electrons. The molecule has 0 bridgehead atoms. The number of hydrogen-bond acceptors (Lipinski definition) is 5. The van der Waals surface area contributed by atoms with E-state index in [1.165, 1.54) is 6.33 Å². The van der Waals surface area contributed by atoms with E-state index in [9.17, 15) is 9.59 Å². The van der Waals surface area contributed by atoms with Crippen LogP contribution >= 0.6 is 11.6 Å². The van der Waals surface area contributed by atoms with Gasteiger partial charge in [0.2, 0.25) is 0 Å². The van der Waals surface area contributed by atoms with Gasteiger partial charge in [-0.3, -0.25) is 9.59 Å². The van der Waals surface area contributed by atoms with Crippen molar-refractivity contribution in [3.8, 4) is 17.1 Å². The predicted molar refractivity (Wildman–Crippen MR) is 117 cm³/mol. The average molecular weight is 432 g/mol. The third kappa shape index (κ3) is 3.60. The van der Waals surface area contributed by atoms with Crippen LogP contribution in [-0.4, -0.2) is 25.7 Å². The molecule has 0 aliphatic rings. The van der Waals surface area contributed by atoms with Crippen LogP contribution in [0.3, 0.4) is 0 Å². The van der Waals surface area contributed by atoms with E-state index in [2.05, 4.69) is 20.4 Å². The lowest BCUT2D eigenvalue weighted by Gasteiger charge is -2.06. The first-order valence-corrected chi connectivity index (χ1v) is 9.65. The highest BCUT2D eigenvalue weighted by molar-refractivity contribution is 6.30. The first-order chi connectivity index (χ1) is 15.1. The number of rotatable bonds is 4. The van der Waals surface area contributed by atoms with Crippen LogP contribution in [0.2, 0.25) is 5.02 Å². The van der Waals surface area contributed by atoms with Crippen molar-refractivity contribution in [3.05, 3.63) is 94.3 Å².